The zero-order chi connectivity index (χ0) is 15.0. The van der Waals surface area contributed by atoms with Gasteiger partial charge in [0, 0.05) is 24.4 Å². The molecule has 5 heteroatoms. The maximum absolute atomic E-state index is 12.2. The fourth-order valence-corrected chi connectivity index (χ4v) is 2.20. The van der Waals surface area contributed by atoms with Crippen LogP contribution in [0, 0.1) is 0 Å². The third kappa shape index (κ3) is 2.18. The fourth-order valence-electron chi connectivity index (χ4n) is 2.20. The third-order valence-electron chi connectivity index (χ3n) is 3.43. The van der Waals surface area contributed by atoms with Gasteiger partial charge in [-0.15, -0.1) is 0 Å². The second-order valence-electron chi connectivity index (χ2n) is 4.75. The Balaban J connectivity index is 2.23. The number of hydrogen-bond donors (Lipinski definition) is 3. The summed E-state index contributed by atoms with van der Waals surface area (Å²) in [6.45, 7) is 0. The van der Waals surface area contributed by atoms with Gasteiger partial charge >= 0.3 is 0 Å². The van der Waals surface area contributed by atoms with Crippen LogP contribution in [0.2, 0.25) is 0 Å². The van der Waals surface area contributed by atoms with E-state index in [9.17, 15) is 4.79 Å². The molecule has 0 aliphatic rings. The number of rotatable bonds is 2. The normalized spacial score (nSPS) is 10.7. The monoisotopic (exact) mass is 281 g/mol. The Morgan fingerprint density at radius 1 is 1.05 bits per heavy atom. The van der Waals surface area contributed by atoms with Crippen LogP contribution < -0.4 is 22.2 Å². The largest absolute Gasteiger partial charge is 0.454 e. The van der Waals surface area contributed by atoms with Crippen LogP contribution in [-0.4, -0.2) is 7.05 Å². The maximum Gasteiger partial charge on any atom is 0.193 e. The molecule has 0 fully saturated rings. The molecule has 0 saturated heterocycles. The second kappa shape index (κ2) is 4.86. The Bertz CT molecular complexity index is 867. The van der Waals surface area contributed by atoms with Gasteiger partial charge in [0.2, 0.25) is 0 Å². The molecular formula is C16H15N3O2. The van der Waals surface area contributed by atoms with Crippen LogP contribution in [0.25, 0.3) is 22.3 Å². The van der Waals surface area contributed by atoms with Gasteiger partial charge in [-0.1, -0.05) is 0 Å². The van der Waals surface area contributed by atoms with Crippen molar-refractivity contribution < 1.29 is 4.42 Å². The van der Waals surface area contributed by atoms with Gasteiger partial charge in [0.15, 0.2) is 11.0 Å². The third-order valence-corrected chi connectivity index (χ3v) is 3.43. The molecule has 0 unspecified atom stereocenters. The first-order chi connectivity index (χ1) is 10.1. The minimum atomic E-state index is -0.143. The molecule has 0 radical (unpaired) electrons. The van der Waals surface area contributed by atoms with Gasteiger partial charge in [0.1, 0.15) is 5.76 Å². The van der Waals surface area contributed by atoms with Crippen molar-refractivity contribution in [2.75, 3.05) is 23.8 Å². The Morgan fingerprint density at radius 3 is 2.43 bits per heavy atom. The van der Waals surface area contributed by atoms with Crippen LogP contribution in [0.5, 0.6) is 0 Å². The number of hydrogen-bond acceptors (Lipinski definition) is 5. The smallest absolute Gasteiger partial charge is 0.193 e. The lowest BCUT2D eigenvalue weighted by Gasteiger charge is -2.07. The molecule has 106 valence electrons. The predicted molar refractivity (Wildman–Crippen MR) is 86.3 cm³/mol. The molecule has 5 N–H and O–H groups in total. The molecule has 0 spiro atoms. The first-order valence-electron chi connectivity index (χ1n) is 6.50. The summed E-state index contributed by atoms with van der Waals surface area (Å²) in [7, 11) is 1.84. The van der Waals surface area contributed by atoms with E-state index in [2.05, 4.69) is 5.32 Å². The van der Waals surface area contributed by atoms with Crippen LogP contribution in [-0.2, 0) is 0 Å². The number of nitrogens with one attached hydrogen (secondary N) is 1. The lowest BCUT2D eigenvalue weighted by molar-refractivity contribution is 0.620. The second-order valence-corrected chi connectivity index (χ2v) is 4.75. The van der Waals surface area contributed by atoms with Gasteiger partial charge in [-0.2, -0.15) is 0 Å². The summed E-state index contributed by atoms with van der Waals surface area (Å²) in [5, 5.41) is 3.46. The molecular weight excluding hydrogens is 266 g/mol. The average Bonchev–Trinajstić information content (AvgIpc) is 2.51. The van der Waals surface area contributed by atoms with E-state index in [0.29, 0.717) is 28.1 Å². The van der Waals surface area contributed by atoms with Crippen LogP contribution in [0.1, 0.15) is 0 Å². The van der Waals surface area contributed by atoms with Crippen molar-refractivity contribution in [2.24, 2.45) is 0 Å². The summed E-state index contributed by atoms with van der Waals surface area (Å²) < 4.78 is 5.79. The van der Waals surface area contributed by atoms with Gasteiger partial charge in [-0.25, -0.2) is 0 Å². The minimum Gasteiger partial charge on any atom is -0.454 e. The molecule has 21 heavy (non-hydrogen) atoms. The summed E-state index contributed by atoms with van der Waals surface area (Å²) in [6, 6.07) is 12.3. The maximum atomic E-state index is 12.2. The molecule has 0 saturated carbocycles. The van der Waals surface area contributed by atoms with Gasteiger partial charge in [-0.3, -0.25) is 4.79 Å². The lowest BCUT2D eigenvalue weighted by atomic mass is 10.1. The number of anilines is 3. The molecule has 5 nitrogen and oxygen atoms in total. The Morgan fingerprint density at radius 2 is 1.76 bits per heavy atom. The predicted octanol–water partition coefficient (Wildman–Crippen LogP) is 2.67. The van der Waals surface area contributed by atoms with Crippen LogP contribution >= 0.6 is 0 Å². The summed E-state index contributed by atoms with van der Waals surface area (Å²) in [5.74, 6) is 0.465. The van der Waals surface area contributed by atoms with Crippen molar-refractivity contribution in [3.63, 3.8) is 0 Å². The minimum absolute atomic E-state index is 0.143. The highest BCUT2D eigenvalue weighted by Crippen LogP contribution is 2.29. The molecule has 0 bridgehead atoms. The van der Waals surface area contributed by atoms with E-state index < -0.39 is 0 Å². The topological polar surface area (TPSA) is 94.3 Å². The van der Waals surface area contributed by atoms with Crippen molar-refractivity contribution in [3.05, 3.63) is 52.7 Å². The molecule has 0 amide bonds. The average molecular weight is 281 g/mol. The standard InChI is InChI=1S/C16H15N3O2/c1-19-10-4-2-9(3-5-10)14-8-13(20)11-6-7-12(17)15(18)16(11)21-14/h2-8,19H,17-18H2,1H3. The van der Waals surface area contributed by atoms with Gasteiger partial charge in [0.05, 0.1) is 16.8 Å². The number of nitrogens with two attached hydrogens (primary N) is 2. The van der Waals surface area contributed by atoms with E-state index in [0.717, 1.165) is 11.3 Å². The van der Waals surface area contributed by atoms with E-state index in [1.165, 1.54) is 6.07 Å². The Labute approximate surface area is 121 Å². The first-order valence-corrected chi connectivity index (χ1v) is 6.50. The van der Waals surface area contributed by atoms with Gasteiger partial charge in [0.25, 0.3) is 0 Å². The van der Waals surface area contributed by atoms with Crippen LogP contribution in [0.3, 0.4) is 0 Å². The van der Waals surface area contributed by atoms with E-state index in [-0.39, 0.29) is 5.43 Å². The van der Waals surface area contributed by atoms with Crippen LogP contribution in [0.15, 0.2) is 51.7 Å². The molecule has 3 rings (SSSR count). The number of benzene rings is 2. The molecule has 1 heterocycles. The van der Waals surface area contributed by atoms with Crippen molar-refractivity contribution in [1.29, 1.82) is 0 Å². The molecule has 0 aliphatic heterocycles. The van der Waals surface area contributed by atoms with Crippen LogP contribution in [0.4, 0.5) is 17.1 Å². The Kier molecular flexibility index (Phi) is 3.02. The van der Waals surface area contributed by atoms with Gasteiger partial charge < -0.3 is 21.2 Å². The van der Waals surface area contributed by atoms with E-state index in [4.69, 9.17) is 15.9 Å². The SMILES string of the molecule is CNc1ccc(-c2cc(=O)c3ccc(N)c(N)c3o2)cc1. The molecule has 2 aromatic carbocycles. The zero-order valence-electron chi connectivity index (χ0n) is 11.5. The zero-order valence-corrected chi connectivity index (χ0v) is 11.5. The highest BCUT2D eigenvalue weighted by molar-refractivity contribution is 5.94. The quantitative estimate of drug-likeness (QED) is 0.628. The molecule has 0 aliphatic carbocycles. The van der Waals surface area contributed by atoms with E-state index in [1.807, 2.05) is 31.3 Å². The highest BCUT2D eigenvalue weighted by atomic mass is 16.3. The van der Waals surface area contributed by atoms with Crippen molar-refractivity contribution in [2.45, 2.75) is 0 Å². The molecule has 0 atom stereocenters. The summed E-state index contributed by atoms with van der Waals surface area (Å²) in [6.07, 6.45) is 0. The molecule has 3 aromatic rings. The highest BCUT2D eigenvalue weighted by Gasteiger charge is 2.11. The summed E-state index contributed by atoms with van der Waals surface area (Å²) in [5.41, 5.74) is 14.3. The number of nitrogen functional groups attached to an aromatic ring is 2. The summed E-state index contributed by atoms with van der Waals surface area (Å²) >= 11 is 0. The van der Waals surface area contributed by atoms with Crippen molar-refractivity contribution in [3.8, 4) is 11.3 Å². The first kappa shape index (κ1) is 13.1. The van der Waals surface area contributed by atoms with Crippen molar-refractivity contribution >= 4 is 28.0 Å². The molecule has 1 aromatic heterocycles. The fraction of sp³-hybridized carbons (Fsp3) is 0.0625. The number of fused-ring (bicyclic) bond motifs is 1. The summed E-state index contributed by atoms with van der Waals surface area (Å²) in [4.78, 5) is 12.2. The van der Waals surface area contributed by atoms with E-state index in [1.54, 1.807) is 12.1 Å². The van der Waals surface area contributed by atoms with Gasteiger partial charge in [-0.05, 0) is 36.4 Å². The van der Waals surface area contributed by atoms with Crippen molar-refractivity contribution in [1.82, 2.24) is 0 Å². The van der Waals surface area contributed by atoms with E-state index >= 15 is 0 Å². The Hall–Kier alpha value is -2.95. The lowest BCUT2D eigenvalue weighted by Crippen LogP contribution is -2.04.